The average molecular weight is 1490 g/mol. The number of fused-ring (bicyclic) bond motifs is 7. The highest BCUT2D eigenvalue weighted by atomic mass is 28.3. The molecule has 536 valence electrons. The van der Waals surface area contributed by atoms with Crippen molar-refractivity contribution in [3.63, 3.8) is 0 Å². The van der Waals surface area contributed by atoms with Gasteiger partial charge in [0.2, 0.25) is 0 Å². The van der Waals surface area contributed by atoms with Crippen LogP contribution in [0, 0.1) is 0 Å². The molecule has 1 aromatic heterocycles. The van der Waals surface area contributed by atoms with Crippen LogP contribution in [0.5, 0.6) is 0 Å². The molecule has 0 radical (unpaired) electrons. The van der Waals surface area contributed by atoms with Crippen molar-refractivity contribution >= 4 is 165 Å². The molecule has 17 aromatic carbocycles. The van der Waals surface area contributed by atoms with Gasteiger partial charge >= 0.3 is 0 Å². The van der Waals surface area contributed by atoms with E-state index in [0.29, 0.717) is 0 Å². The lowest BCUT2D eigenvalue weighted by molar-refractivity contribution is 0.590. The Labute approximate surface area is 666 Å². The molecule has 2 aliphatic rings. The van der Waals surface area contributed by atoms with E-state index in [2.05, 4.69) is 478 Å². The maximum absolute atomic E-state index is 3.20. The monoisotopic (exact) mass is 1490 g/mol. The van der Waals surface area contributed by atoms with Gasteiger partial charge in [-0.1, -0.05) is 403 Å². The van der Waals surface area contributed by atoms with Gasteiger partial charge in [-0.2, -0.15) is 0 Å². The van der Waals surface area contributed by atoms with E-state index in [0.717, 1.165) is 56.4 Å². The van der Waals surface area contributed by atoms with Crippen molar-refractivity contribution in [1.82, 2.24) is 4.57 Å². The fourth-order valence-corrected chi connectivity index (χ4v) is 33.7. The van der Waals surface area contributed by atoms with Gasteiger partial charge in [0.1, 0.15) is 0 Å². The predicted octanol–water partition coefficient (Wildman–Crippen LogP) is 16.0. The standard InChI is InChI=1S/C106H82BN3Si3/c1-106(2,3)79-63-60-77(61-64-79)78-62-70-97-101(72-78)108(80-65-67-92(68-66-80)111(83-37-13-4-14-38-83,84-39-15-5-16-40-84)85-41-17-6-18-42-85)103-74-82(110-99-58-33-31-56-95(99)96-57-32-34-59-100(96)110)75-104-105(103)107(97)98-71-69-94(113(89-49-25-10-26-50-89,90-51-27-11-28-52-90)91-53-29-12-30-54-91)76-102(98)109(104)81-36-35-55-93(73-81)112(86-43-19-7-20-44-86,87-45-21-8-22-46-87)88-47-23-9-24-48-88/h4-76H,1-3H3. The third kappa shape index (κ3) is 11.3. The predicted molar refractivity (Wildman–Crippen MR) is 490 cm³/mol. The summed E-state index contributed by atoms with van der Waals surface area (Å²) >= 11 is 0. The van der Waals surface area contributed by atoms with Crippen LogP contribution in [0.2, 0.25) is 0 Å². The summed E-state index contributed by atoms with van der Waals surface area (Å²) in [5.74, 6) is 0. The van der Waals surface area contributed by atoms with E-state index in [4.69, 9.17) is 0 Å². The first-order valence-electron chi connectivity index (χ1n) is 39.6. The van der Waals surface area contributed by atoms with Crippen molar-refractivity contribution in [3.05, 3.63) is 448 Å². The Kier molecular flexibility index (Phi) is 17.3. The van der Waals surface area contributed by atoms with Crippen LogP contribution in [0.25, 0.3) is 38.6 Å². The van der Waals surface area contributed by atoms with E-state index < -0.39 is 24.2 Å². The second-order valence-electron chi connectivity index (χ2n) is 31.4. The van der Waals surface area contributed by atoms with Crippen molar-refractivity contribution in [3.8, 4) is 16.8 Å². The van der Waals surface area contributed by atoms with E-state index in [9.17, 15) is 0 Å². The SMILES string of the molecule is CC(C)(C)c1ccc(-c2ccc3c(c2)N(c2ccc([Si](c4ccccc4)(c4ccccc4)c4ccccc4)cc2)c2cc(-n4c5ccccc5c5ccccc54)cc4c2B3c2ccc([Si](c3ccccc3)(c3ccccc3)c3ccccc3)cc2N4c2cccc([Si](c3ccccc3)(c3ccccc3)c3ccccc3)c2)cc1. The third-order valence-electron chi connectivity index (χ3n) is 24.4. The smallest absolute Gasteiger partial charge is 0.252 e. The van der Waals surface area contributed by atoms with Gasteiger partial charge < -0.3 is 14.4 Å². The molecular weight excluding hydrogens is 1410 g/mol. The second-order valence-corrected chi connectivity index (χ2v) is 42.8. The number of para-hydroxylation sites is 2. The molecular formula is C106H82BN3Si3. The van der Waals surface area contributed by atoms with Crippen LogP contribution in [0.4, 0.5) is 34.1 Å². The molecule has 7 heteroatoms. The van der Waals surface area contributed by atoms with Crippen LogP contribution >= 0.6 is 0 Å². The molecule has 0 aliphatic carbocycles. The van der Waals surface area contributed by atoms with Gasteiger partial charge in [-0.25, -0.2) is 0 Å². The molecule has 0 bridgehead atoms. The van der Waals surface area contributed by atoms with Crippen molar-refractivity contribution in [1.29, 1.82) is 0 Å². The Hall–Kier alpha value is -13.1. The lowest BCUT2D eigenvalue weighted by atomic mass is 9.33. The highest BCUT2D eigenvalue weighted by Gasteiger charge is 2.49. The fraction of sp³-hybridized carbons (Fsp3) is 0.0377. The van der Waals surface area contributed by atoms with Gasteiger partial charge in [0.05, 0.1) is 16.7 Å². The van der Waals surface area contributed by atoms with Gasteiger partial charge in [0.15, 0.2) is 24.2 Å². The summed E-state index contributed by atoms with van der Waals surface area (Å²) in [6.45, 7) is 6.68. The zero-order valence-electron chi connectivity index (χ0n) is 63.6. The number of anilines is 6. The Morgan fingerprint density at radius 3 is 0.929 bits per heavy atom. The van der Waals surface area contributed by atoms with Crippen LogP contribution in [-0.2, 0) is 5.41 Å². The zero-order valence-corrected chi connectivity index (χ0v) is 66.6. The van der Waals surface area contributed by atoms with Crippen molar-refractivity contribution in [2.45, 2.75) is 26.2 Å². The molecule has 0 saturated heterocycles. The summed E-state index contributed by atoms with van der Waals surface area (Å²) < 4.78 is 2.55. The first kappa shape index (κ1) is 69.1. The molecule has 3 nitrogen and oxygen atoms in total. The Morgan fingerprint density at radius 2 is 0.531 bits per heavy atom. The Morgan fingerprint density at radius 1 is 0.221 bits per heavy atom. The quantitative estimate of drug-likeness (QED) is 0.0706. The summed E-state index contributed by atoms with van der Waals surface area (Å²) in [6, 6.07) is 170. The minimum Gasteiger partial charge on any atom is -0.311 e. The number of hydrogen-bond acceptors (Lipinski definition) is 2. The summed E-state index contributed by atoms with van der Waals surface area (Å²) in [5.41, 5.74) is 17.5. The topological polar surface area (TPSA) is 11.4 Å². The second kappa shape index (κ2) is 28.3. The average Bonchev–Trinajstić information content (AvgIpc) is 1.34. The fourth-order valence-electron chi connectivity index (χ4n) is 19.4. The van der Waals surface area contributed by atoms with E-state index in [-0.39, 0.29) is 12.1 Å². The van der Waals surface area contributed by atoms with Crippen LogP contribution in [0.15, 0.2) is 443 Å². The van der Waals surface area contributed by atoms with Gasteiger partial charge in [-0.15, -0.1) is 0 Å². The molecule has 0 atom stereocenters. The highest BCUT2D eigenvalue weighted by Crippen LogP contribution is 2.47. The molecule has 0 spiro atoms. The molecule has 2 aliphatic heterocycles. The maximum atomic E-state index is 2.71. The van der Waals surface area contributed by atoms with Crippen LogP contribution in [0.3, 0.4) is 0 Å². The Balaban J connectivity index is 0.926. The molecule has 0 saturated carbocycles. The lowest BCUT2D eigenvalue weighted by Crippen LogP contribution is -2.75. The van der Waals surface area contributed by atoms with Crippen molar-refractivity contribution < 1.29 is 0 Å². The third-order valence-corrected chi connectivity index (χ3v) is 38.7. The molecule has 0 fully saturated rings. The van der Waals surface area contributed by atoms with Crippen LogP contribution in [0.1, 0.15) is 26.3 Å². The summed E-state index contributed by atoms with van der Waals surface area (Å²) in [5, 5.41) is 18.3. The Bertz CT molecular complexity index is 6160. The molecule has 18 aromatic rings. The number of hydrogen-bond donors (Lipinski definition) is 0. The molecule has 3 heterocycles. The largest absolute Gasteiger partial charge is 0.311 e. The van der Waals surface area contributed by atoms with E-state index in [1.165, 1.54) is 101 Å². The number of aromatic nitrogens is 1. The van der Waals surface area contributed by atoms with E-state index in [1.807, 2.05) is 0 Å². The minimum absolute atomic E-state index is 0.0135. The summed E-state index contributed by atoms with van der Waals surface area (Å²) in [7, 11) is -9.33. The van der Waals surface area contributed by atoms with Gasteiger partial charge in [0, 0.05) is 44.9 Å². The lowest BCUT2D eigenvalue weighted by Gasteiger charge is -2.45. The van der Waals surface area contributed by atoms with Gasteiger partial charge in [-0.05, 0) is 161 Å². The molecule has 20 rings (SSSR count). The summed E-state index contributed by atoms with van der Waals surface area (Å²) in [6.07, 6.45) is 0. The first-order valence-corrected chi connectivity index (χ1v) is 45.6. The number of nitrogens with zero attached hydrogens (tertiary/aromatic N) is 3. The number of rotatable bonds is 16. The van der Waals surface area contributed by atoms with Crippen LogP contribution in [-0.4, -0.2) is 35.5 Å². The highest BCUT2D eigenvalue weighted by molar-refractivity contribution is 7.21. The molecule has 113 heavy (non-hydrogen) atoms. The normalized spacial score (nSPS) is 12.7. The van der Waals surface area contributed by atoms with Crippen LogP contribution < -0.4 is 88.4 Å². The van der Waals surface area contributed by atoms with E-state index in [1.54, 1.807) is 0 Å². The van der Waals surface area contributed by atoms with Crippen molar-refractivity contribution in [2.75, 3.05) is 9.80 Å². The van der Waals surface area contributed by atoms with Gasteiger partial charge in [-0.3, -0.25) is 0 Å². The first-order chi connectivity index (χ1) is 55.7. The molecule has 0 amide bonds. The maximum Gasteiger partial charge on any atom is 0.252 e. The number of benzene rings is 17. The van der Waals surface area contributed by atoms with E-state index >= 15 is 0 Å². The molecule has 0 unspecified atom stereocenters. The summed E-state index contributed by atoms with van der Waals surface area (Å²) in [4.78, 5) is 5.37. The molecule has 0 N–H and O–H groups in total. The van der Waals surface area contributed by atoms with Crippen molar-refractivity contribution in [2.24, 2.45) is 0 Å². The zero-order chi connectivity index (χ0) is 75.7. The van der Waals surface area contributed by atoms with Gasteiger partial charge in [0.25, 0.3) is 6.71 Å². The minimum atomic E-state index is -3.20.